The molecule has 4 rings (SSSR count). The van der Waals surface area contributed by atoms with Crippen LogP contribution in [-0.2, 0) is 16.0 Å². The molecule has 2 aromatic carbocycles. The summed E-state index contributed by atoms with van der Waals surface area (Å²) >= 11 is 2.31. The topological polar surface area (TPSA) is 54.1 Å². The van der Waals surface area contributed by atoms with Crippen LogP contribution in [0.2, 0.25) is 0 Å². The lowest BCUT2D eigenvalue weighted by Gasteiger charge is -2.30. The van der Waals surface area contributed by atoms with E-state index in [0.717, 1.165) is 16.8 Å². The first-order valence-electron chi connectivity index (χ1n) is 7.86. The smallest absolute Gasteiger partial charge is 0.323 e. The number of rotatable bonds is 2. The average molecular weight is 432 g/mol. The molecule has 0 bridgehead atoms. The van der Waals surface area contributed by atoms with Crippen LogP contribution in [0.1, 0.15) is 22.9 Å². The predicted molar refractivity (Wildman–Crippen MR) is 102 cm³/mol. The van der Waals surface area contributed by atoms with Crippen LogP contribution in [0.25, 0.3) is 10.9 Å². The van der Waals surface area contributed by atoms with Gasteiger partial charge in [0.2, 0.25) is 0 Å². The van der Waals surface area contributed by atoms with Gasteiger partial charge >= 0.3 is 5.97 Å². The number of para-hydroxylation sites is 1. The number of carbonyl (C=O) groups excluding carboxylic acids is 1. The number of aromatic nitrogens is 1. The minimum atomic E-state index is -0.343. The SMILES string of the molecule is COC(=O)C1Cc2c([nH]c3ccccc23)C(c2cccc(I)c2)N1. The highest BCUT2D eigenvalue weighted by molar-refractivity contribution is 14.1. The third kappa shape index (κ3) is 2.61. The van der Waals surface area contributed by atoms with Crippen molar-refractivity contribution in [2.24, 2.45) is 0 Å². The van der Waals surface area contributed by atoms with Gasteiger partial charge in [0.25, 0.3) is 0 Å². The van der Waals surface area contributed by atoms with Crippen molar-refractivity contribution in [3.8, 4) is 0 Å². The number of esters is 1. The third-order valence-electron chi connectivity index (χ3n) is 4.58. The number of H-pyrrole nitrogens is 1. The zero-order valence-corrected chi connectivity index (χ0v) is 15.3. The summed E-state index contributed by atoms with van der Waals surface area (Å²) in [5.41, 5.74) is 4.58. The van der Waals surface area contributed by atoms with Crippen molar-refractivity contribution in [2.45, 2.75) is 18.5 Å². The molecule has 0 fully saturated rings. The summed E-state index contributed by atoms with van der Waals surface area (Å²) in [5.74, 6) is -0.221. The fraction of sp³-hybridized carbons (Fsp3) is 0.211. The van der Waals surface area contributed by atoms with E-state index >= 15 is 0 Å². The van der Waals surface area contributed by atoms with E-state index in [4.69, 9.17) is 4.74 Å². The Morgan fingerprint density at radius 2 is 2.04 bits per heavy atom. The Morgan fingerprint density at radius 1 is 1.21 bits per heavy atom. The molecule has 2 unspecified atom stereocenters. The maximum Gasteiger partial charge on any atom is 0.323 e. The molecule has 1 aliphatic heterocycles. The fourth-order valence-corrected chi connectivity index (χ4v) is 4.04. The normalized spacial score (nSPS) is 19.9. The minimum Gasteiger partial charge on any atom is -0.468 e. The summed E-state index contributed by atoms with van der Waals surface area (Å²) in [6.07, 6.45) is 0.631. The van der Waals surface area contributed by atoms with Crippen LogP contribution in [-0.4, -0.2) is 24.1 Å². The minimum absolute atomic E-state index is 0.0556. The molecule has 0 saturated carbocycles. The zero-order valence-electron chi connectivity index (χ0n) is 13.2. The Morgan fingerprint density at radius 3 is 2.83 bits per heavy atom. The monoisotopic (exact) mass is 432 g/mol. The Kier molecular flexibility index (Phi) is 4.05. The molecule has 1 aromatic heterocycles. The molecule has 0 aliphatic carbocycles. The zero-order chi connectivity index (χ0) is 16.7. The number of carbonyl (C=O) groups is 1. The van der Waals surface area contributed by atoms with Crippen molar-refractivity contribution in [1.29, 1.82) is 0 Å². The molecular weight excluding hydrogens is 415 g/mol. The van der Waals surface area contributed by atoms with Gasteiger partial charge in [0.1, 0.15) is 6.04 Å². The van der Waals surface area contributed by atoms with Crippen molar-refractivity contribution >= 4 is 39.5 Å². The number of nitrogens with one attached hydrogen (secondary N) is 2. The number of benzene rings is 2. The predicted octanol–water partition coefficient (Wildman–Crippen LogP) is 3.55. The van der Waals surface area contributed by atoms with Gasteiger partial charge in [0, 0.05) is 26.6 Å². The van der Waals surface area contributed by atoms with Gasteiger partial charge in [0.15, 0.2) is 0 Å². The maximum absolute atomic E-state index is 12.2. The number of fused-ring (bicyclic) bond motifs is 3. The molecule has 2 N–H and O–H groups in total. The van der Waals surface area contributed by atoms with E-state index in [1.54, 1.807) is 0 Å². The summed E-state index contributed by atoms with van der Waals surface area (Å²) in [4.78, 5) is 15.7. The second-order valence-electron chi connectivity index (χ2n) is 6.00. The summed E-state index contributed by atoms with van der Waals surface area (Å²) in [7, 11) is 1.44. The number of methoxy groups -OCH3 is 1. The van der Waals surface area contributed by atoms with Crippen LogP contribution >= 0.6 is 22.6 Å². The van der Waals surface area contributed by atoms with Gasteiger partial charge in [-0.15, -0.1) is 0 Å². The van der Waals surface area contributed by atoms with Gasteiger partial charge in [-0.25, -0.2) is 0 Å². The van der Waals surface area contributed by atoms with E-state index in [9.17, 15) is 4.79 Å². The van der Waals surface area contributed by atoms with Crippen LogP contribution in [0.3, 0.4) is 0 Å². The Balaban J connectivity index is 1.88. The second-order valence-corrected chi connectivity index (χ2v) is 7.24. The number of hydrogen-bond donors (Lipinski definition) is 2. The first-order chi connectivity index (χ1) is 11.7. The molecule has 5 heteroatoms. The lowest BCUT2D eigenvalue weighted by Crippen LogP contribution is -2.45. The van der Waals surface area contributed by atoms with Gasteiger partial charge in [-0.1, -0.05) is 30.3 Å². The molecule has 2 atom stereocenters. The summed E-state index contributed by atoms with van der Waals surface area (Å²) in [6.45, 7) is 0. The van der Waals surface area contributed by atoms with Crippen LogP contribution in [0.15, 0.2) is 48.5 Å². The van der Waals surface area contributed by atoms with Gasteiger partial charge in [-0.05, 0) is 51.9 Å². The van der Waals surface area contributed by atoms with E-state index in [1.165, 1.54) is 21.6 Å². The standard InChI is InChI=1S/C19H17IN2O2/c1-24-19(23)16-10-14-13-7-2-3-8-15(13)21-18(14)17(22-16)11-5-4-6-12(20)9-11/h2-9,16-17,21-22H,10H2,1H3. The molecule has 0 spiro atoms. The van der Waals surface area contributed by atoms with Gasteiger partial charge in [-0.3, -0.25) is 10.1 Å². The van der Waals surface area contributed by atoms with Crippen LogP contribution in [0.5, 0.6) is 0 Å². The lowest BCUT2D eigenvalue weighted by molar-refractivity contribution is -0.143. The number of hydrogen-bond acceptors (Lipinski definition) is 3. The number of halogens is 1. The Hall–Kier alpha value is -1.86. The Bertz CT molecular complexity index is 919. The van der Waals surface area contributed by atoms with E-state index in [1.807, 2.05) is 18.2 Å². The van der Waals surface area contributed by atoms with E-state index in [2.05, 4.69) is 63.2 Å². The molecule has 4 nitrogen and oxygen atoms in total. The van der Waals surface area contributed by atoms with E-state index in [-0.39, 0.29) is 18.1 Å². The highest BCUT2D eigenvalue weighted by Gasteiger charge is 2.34. The molecule has 3 aromatic rings. The van der Waals surface area contributed by atoms with Gasteiger partial charge < -0.3 is 9.72 Å². The molecule has 1 aliphatic rings. The van der Waals surface area contributed by atoms with Crippen molar-refractivity contribution in [1.82, 2.24) is 10.3 Å². The molecule has 0 saturated heterocycles. The molecule has 24 heavy (non-hydrogen) atoms. The molecule has 122 valence electrons. The van der Waals surface area contributed by atoms with Crippen molar-refractivity contribution in [2.75, 3.05) is 7.11 Å². The quantitative estimate of drug-likeness (QED) is 0.481. The van der Waals surface area contributed by atoms with E-state index in [0.29, 0.717) is 6.42 Å². The Labute approximate surface area is 153 Å². The van der Waals surface area contributed by atoms with Crippen molar-refractivity contribution in [3.63, 3.8) is 0 Å². The van der Waals surface area contributed by atoms with E-state index < -0.39 is 0 Å². The highest BCUT2D eigenvalue weighted by atomic mass is 127. The largest absolute Gasteiger partial charge is 0.468 e. The number of aromatic amines is 1. The van der Waals surface area contributed by atoms with Crippen molar-refractivity contribution in [3.05, 3.63) is 68.9 Å². The first kappa shape index (κ1) is 15.7. The highest BCUT2D eigenvalue weighted by Crippen LogP contribution is 2.35. The third-order valence-corrected chi connectivity index (χ3v) is 5.25. The van der Waals surface area contributed by atoms with Gasteiger partial charge in [0.05, 0.1) is 13.2 Å². The first-order valence-corrected chi connectivity index (χ1v) is 8.94. The van der Waals surface area contributed by atoms with Crippen molar-refractivity contribution < 1.29 is 9.53 Å². The van der Waals surface area contributed by atoms with Crippen LogP contribution in [0, 0.1) is 3.57 Å². The summed E-state index contributed by atoms with van der Waals surface area (Å²) in [5, 5.41) is 4.63. The second kappa shape index (κ2) is 6.22. The average Bonchev–Trinajstić information content (AvgIpc) is 2.99. The lowest BCUT2D eigenvalue weighted by atomic mass is 9.90. The summed E-state index contributed by atoms with van der Waals surface area (Å²) < 4.78 is 6.16. The maximum atomic E-state index is 12.2. The molecule has 0 amide bonds. The van der Waals surface area contributed by atoms with Crippen LogP contribution < -0.4 is 5.32 Å². The summed E-state index contributed by atoms with van der Waals surface area (Å²) in [6, 6.07) is 16.2. The molecular formula is C19H17IN2O2. The van der Waals surface area contributed by atoms with Crippen LogP contribution in [0.4, 0.5) is 0 Å². The molecule has 0 radical (unpaired) electrons. The molecule has 2 heterocycles. The van der Waals surface area contributed by atoms with Gasteiger partial charge in [-0.2, -0.15) is 0 Å². The number of ether oxygens (including phenoxy) is 1. The fourth-order valence-electron chi connectivity index (χ4n) is 3.48.